The fourth-order valence-electron chi connectivity index (χ4n) is 2.63. The first kappa shape index (κ1) is 21.8. The quantitative estimate of drug-likeness (QED) is 0.493. The van der Waals surface area contributed by atoms with E-state index in [1.807, 2.05) is 30.5 Å². The second-order valence-corrected chi connectivity index (χ2v) is 8.33. The summed E-state index contributed by atoms with van der Waals surface area (Å²) in [4.78, 5) is 41.3. The third-order valence-electron chi connectivity index (χ3n) is 4.12. The second-order valence-electron chi connectivity index (χ2n) is 6.32. The molecule has 0 aliphatic heterocycles. The largest absolute Gasteiger partial charge is 0.454 e. The van der Waals surface area contributed by atoms with Crippen LogP contribution < -0.4 is 10.6 Å². The highest BCUT2D eigenvalue weighted by Crippen LogP contribution is 2.25. The minimum atomic E-state index is -0.833. The van der Waals surface area contributed by atoms with Crippen LogP contribution in [0.5, 0.6) is 0 Å². The van der Waals surface area contributed by atoms with Gasteiger partial charge in [-0.15, -0.1) is 0 Å². The molecule has 0 spiro atoms. The van der Waals surface area contributed by atoms with E-state index in [0.29, 0.717) is 22.9 Å². The summed E-state index contributed by atoms with van der Waals surface area (Å²) >= 11 is 2.89. The van der Waals surface area contributed by atoms with Gasteiger partial charge in [-0.05, 0) is 42.7 Å². The normalized spacial score (nSPS) is 11.6. The van der Waals surface area contributed by atoms with Crippen LogP contribution in [0.2, 0.25) is 0 Å². The van der Waals surface area contributed by atoms with E-state index < -0.39 is 24.5 Å². The molecule has 1 heterocycles. The smallest absolute Gasteiger partial charge is 0.329 e. The highest BCUT2D eigenvalue weighted by atomic mass is 32.2. The fraction of sp³-hybridized carbons (Fsp3) is 0.238. The minimum absolute atomic E-state index is 0.363. The molecule has 2 amide bonds. The maximum Gasteiger partial charge on any atom is 0.329 e. The van der Waals surface area contributed by atoms with Crippen LogP contribution in [0.4, 0.5) is 5.13 Å². The molecule has 0 radical (unpaired) electrons. The maximum absolute atomic E-state index is 12.5. The number of rotatable bonds is 9. The first-order valence-corrected chi connectivity index (χ1v) is 11.4. The number of nitrogens with one attached hydrogen (secondary N) is 2. The molecular formula is C21H21N3O4S2. The summed E-state index contributed by atoms with van der Waals surface area (Å²) in [5.74, 6) is -0.835. The molecule has 1 aromatic heterocycles. The monoisotopic (exact) mass is 443 g/mol. The van der Waals surface area contributed by atoms with Gasteiger partial charge in [0, 0.05) is 5.56 Å². The topological polar surface area (TPSA) is 97.4 Å². The molecule has 0 aliphatic rings. The molecule has 2 aromatic carbocycles. The number of benzene rings is 2. The number of amides is 2. The van der Waals surface area contributed by atoms with Crippen molar-refractivity contribution in [1.29, 1.82) is 0 Å². The molecule has 3 rings (SSSR count). The van der Waals surface area contributed by atoms with Crippen LogP contribution in [-0.2, 0) is 14.3 Å². The Hall–Kier alpha value is -2.91. The Kier molecular flexibility index (Phi) is 7.81. The van der Waals surface area contributed by atoms with Gasteiger partial charge < -0.3 is 10.1 Å². The van der Waals surface area contributed by atoms with Crippen LogP contribution in [0.3, 0.4) is 0 Å². The van der Waals surface area contributed by atoms with Crippen molar-refractivity contribution in [3.63, 3.8) is 0 Å². The van der Waals surface area contributed by atoms with Crippen LogP contribution in [0.25, 0.3) is 10.2 Å². The molecule has 156 valence electrons. The van der Waals surface area contributed by atoms with E-state index >= 15 is 0 Å². The Morgan fingerprint density at radius 2 is 1.83 bits per heavy atom. The Balaban J connectivity index is 1.55. The van der Waals surface area contributed by atoms with Gasteiger partial charge in [0.15, 0.2) is 11.7 Å². The molecule has 1 unspecified atom stereocenters. The van der Waals surface area contributed by atoms with Crippen LogP contribution >= 0.6 is 23.1 Å². The number of aromatic nitrogens is 1. The predicted octanol–water partition coefficient (Wildman–Crippen LogP) is 3.33. The summed E-state index contributed by atoms with van der Waals surface area (Å²) in [7, 11) is 0. The van der Waals surface area contributed by atoms with Crippen molar-refractivity contribution in [3.05, 3.63) is 60.2 Å². The molecule has 0 aliphatic carbocycles. The molecule has 30 heavy (non-hydrogen) atoms. The van der Waals surface area contributed by atoms with Gasteiger partial charge in [0.2, 0.25) is 0 Å². The number of thiazole rings is 1. The van der Waals surface area contributed by atoms with Crippen LogP contribution in [0.15, 0.2) is 54.6 Å². The van der Waals surface area contributed by atoms with Crippen molar-refractivity contribution in [1.82, 2.24) is 10.3 Å². The number of ether oxygens (including phenoxy) is 1. The molecule has 0 saturated heterocycles. The summed E-state index contributed by atoms with van der Waals surface area (Å²) < 4.78 is 6.10. The summed E-state index contributed by atoms with van der Waals surface area (Å²) in [5, 5.41) is 5.76. The average molecular weight is 444 g/mol. The lowest BCUT2D eigenvalue weighted by Crippen LogP contribution is -2.43. The van der Waals surface area contributed by atoms with E-state index in [0.717, 1.165) is 10.2 Å². The first-order chi connectivity index (χ1) is 14.6. The average Bonchev–Trinajstić information content (AvgIpc) is 3.17. The van der Waals surface area contributed by atoms with E-state index in [4.69, 9.17) is 4.74 Å². The molecule has 2 N–H and O–H groups in total. The predicted molar refractivity (Wildman–Crippen MR) is 120 cm³/mol. The number of thioether (sulfide) groups is 1. The number of carbonyl (C=O) groups is 3. The fourth-order valence-corrected chi connectivity index (χ4v) is 3.99. The van der Waals surface area contributed by atoms with Gasteiger partial charge in [0.25, 0.3) is 11.8 Å². The Morgan fingerprint density at radius 3 is 2.57 bits per heavy atom. The molecule has 1 atom stereocenters. The van der Waals surface area contributed by atoms with E-state index in [1.165, 1.54) is 11.3 Å². The van der Waals surface area contributed by atoms with E-state index in [2.05, 4.69) is 15.6 Å². The first-order valence-electron chi connectivity index (χ1n) is 9.23. The third-order valence-corrected chi connectivity index (χ3v) is 5.72. The second kappa shape index (κ2) is 10.7. The van der Waals surface area contributed by atoms with Gasteiger partial charge in [-0.25, -0.2) is 9.78 Å². The molecule has 9 heteroatoms. The van der Waals surface area contributed by atoms with Gasteiger partial charge >= 0.3 is 5.97 Å². The van der Waals surface area contributed by atoms with Gasteiger partial charge in [0.1, 0.15) is 6.04 Å². The van der Waals surface area contributed by atoms with Crippen molar-refractivity contribution >= 4 is 56.2 Å². The summed E-state index contributed by atoms with van der Waals surface area (Å²) in [6.07, 6.45) is 2.31. The minimum Gasteiger partial charge on any atom is -0.454 e. The Labute approximate surface area is 182 Å². The molecule has 0 fully saturated rings. The zero-order valence-electron chi connectivity index (χ0n) is 16.3. The van der Waals surface area contributed by atoms with Crippen LogP contribution in [0, 0.1) is 0 Å². The zero-order chi connectivity index (χ0) is 21.3. The summed E-state index contributed by atoms with van der Waals surface area (Å²) in [6.45, 7) is -0.453. The van der Waals surface area contributed by atoms with E-state index in [9.17, 15) is 14.4 Å². The van der Waals surface area contributed by atoms with Crippen LogP contribution in [-0.4, -0.2) is 47.4 Å². The van der Waals surface area contributed by atoms with E-state index in [-0.39, 0.29) is 5.91 Å². The molecule has 7 nitrogen and oxygen atoms in total. The van der Waals surface area contributed by atoms with Crippen molar-refractivity contribution in [2.45, 2.75) is 12.5 Å². The van der Waals surface area contributed by atoms with Crippen LogP contribution in [0.1, 0.15) is 16.8 Å². The zero-order valence-corrected chi connectivity index (χ0v) is 17.9. The number of hydrogen-bond acceptors (Lipinski definition) is 7. The van der Waals surface area contributed by atoms with Crippen molar-refractivity contribution in [2.75, 3.05) is 23.9 Å². The van der Waals surface area contributed by atoms with Crippen molar-refractivity contribution in [3.8, 4) is 0 Å². The van der Waals surface area contributed by atoms with Crippen molar-refractivity contribution in [2.24, 2.45) is 0 Å². The number of para-hydroxylation sites is 1. The third kappa shape index (κ3) is 6.04. The lowest BCUT2D eigenvalue weighted by Gasteiger charge is -2.17. The molecular weight excluding hydrogens is 422 g/mol. The number of esters is 1. The van der Waals surface area contributed by atoms with Crippen molar-refractivity contribution < 1.29 is 19.1 Å². The highest BCUT2D eigenvalue weighted by molar-refractivity contribution is 7.98. The van der Waals surface area contributed by atoms with Gasteiger partial charge in [0.05, 0.1) is 10.2 Å². The van der Waals surface area contributed by atoms with Gasteiger partial charge in [-0.1, -0.05) is 41.7 Å². The maximum atomic E-state index is 12.5. The Bertz CT molecular complexity index is 990. The number of carbonyl (C=O) groups excluding carboxylic acids is 3. The lowest BCUT2D eigenvalue weighted by atomic mass is 10.1. The molecule has 3 aromatic rings. The number of hydrogen-bond donors (Lipinski definition) is 2. The molecule has 0 bridgehead atoms. The lowest BCUT2D eigenvalue weighted by molar-refractivity contribution is -0.149. The number of fused-ring (bicyclic) bond motifs is 1. The standard InChI is InChI=1S/C21H21N3O4S2/c1-29-12-11-16(22-19(26)14-7-3-2-4-8-14)20(27)28-13-18(25)24-21-23-15-9-5-6-10-17(15)30-21/h2-10,16H,11-13H2,1H3,(H,22,26)(H,23,24,25). The number of anilines is 1. The highest BCUT2D eigenvalue weighted by Gasteiger charge is 2.23. The SMILES string of the molecule is CSCCC(NC(=O)c1ccccc1)C(=O)OCC(=O)Nc1nc2ccccc2s1. The van der Waals surface area contributed by atoms with Gasteiger partial charge in [-0.3, -0.25) is 14.9 Å². The molecule has 0 saturated carbocycles. The number of nitrogens with zero attached hydrogens (tertiary/aromatic N) is 1. The Morgan fingerprint density at radius 1 is 1.10 bits per heavy atom. The van der Waals surface area contributed by atoms with E-state index in [1.54, 1.807) is 42.1 Å². The summed E-state index contributed by atoms with van der Waals surface area (Å²) in [6, 6.07) is 15.3. The summed E-state index contributed by atoms with van der Waals surface area (Å²) in [5.41, 5.74) is 1.24. The van der Waals surface area contributed by atoms with Gasteiger partial charge in [-0.2, -0.15) is 11.8 Å².